The Morgan fingerprint density at radius 3 is 2.91 bits per heavy atom. The molecule has 0 fully saturated rings. The van der Waals surface area contributed by atoms with Gasteiger partial charge in [-0.25, -0.2) is 9.78 Å². The third-order valence-corrected chi connectivity index (χ3v) is 3.94. The molecule has 0 unspecified atom stereocenters. The zero-order chi connectivity index (χ0) is 16.1. The van der Waals surface area contributed by atoms with Crippen molar-refractivity contribution in [2.24, 2.45) is 7.05 Å². The summed E-state index contributed by atoms with van der Waals surface area (Å²) in [5, 5.41) is 11.9. The lowest BCUT2D eigenvalue weighted by molar-refractivity contribution is -0.741. The molecular weight excluding hydrogens is 304 g/mol. The highest BCUT2D eigenvalue weighted by Gasteiger charge is 2.26. The summed E-state index contributed by atoms with van der Waals surface area (Å²) in [5.41, 5.74) is 0.531. The number of carbonyl (C=O) groups is 1. The molecule has 0 spiro atoms. The molecule has 8 heteroatoms. The number of H-pyrrole nitrogens is 1. The summed E-state index contributed by atoms with van der Waals surface area (Å²) >= 11 is 1.14. The highest BCUT2D eigenvalue weighted by Crippen LogP contribution is 2.21. The van der Waals surface area contributed by atoms with E-state index in [1.807, 2.05) is 13.0 Å². The second-order valence-electron chi connectivity index (χ2n) is 4.62. The van der Waals surface area contributed by atoms with Crippen LogP contribution in [0.15, 0.2) is 26.5 Å². The smallest absolute Gasteiger partial charge is 0.286 e. The highest BCUT2D eigenvalue weighted by molar-refractivity contribution is 8.00. The van der Waals surface area contributed by atoms with Crippen molar-refractivity contribution in [3.8, 4) is 6.07 Å². The molecule has 0 aromatic carbocycles. The van der Waals surface area contributed by atoms with Gasteiger partial charge >= 0.3 is 11.3 Å². The monoisotopic (exact) mass is 319 g/mol. The number of carbonyl (C=O) groups excluding carboxylic acids is 1. The molecule has 2 rings (SSSR count). The molecule has 0 radical (unpaired) electrons. The number of ketones is 1. The summed E-state index contributed by atoms with van der Waals surface area (Å²) < 4.78 is 5.78. The number of nitrogens with one attached hydrogen (secondary N) is 1. The van der Waals surface area contributed by atoms with Crippen LogP contribution in [0.2, 0.25) is 0 Å². The van der Waals surface area contributed by atoms with E-state index in [0.717, 1.165) is 30.3 Å². The van der Waals surface area contributed by atoms with Crippen molar-refractivity contribution in [1.82, 2.24) is 10.3 Å². The van der Waals surface area contributed by atoms with Gasteiger partial charge in [-0.1, -0.05) is 29.8 Å². The first-order valence-corrected chi connectivity index (χ1v) is 7.69. The van der Waals surface area contributed by atoms with Crippen LogP contribution in [0.1, 0.15) is 35.1 Å². The molecule has 0 atom stereocenters. The summed E-state index contributed by atoms with van der Waals surface area (Å²) in [6, 6.07) is 5.58. The first kappa shape index (κ1) is 16.0. The van der Waals surface area contributed by atoms with Crippen LogP contribution in [0.3, 0.4) is 0 Å². The van der Waals surface area contributed by atoms with Crippen LogP contribution >= 0.6 is 11.8 Å². The van der Waals surface area contributed by atoms with Gasteiger partial charge < -0.3 is 0 Å². The predicted molar refractivity (Wildman–Crippen MR) is 78.5 cm³/mol. The Labute approximate surface area is 130 Å². The molecule has 0 saturated heterocycles. The molecule has 0 bridgehead atoms. The van der Waals surface area contributed by atoms with Gasteiger partial charge in [-0.2, -0.15) is 5.26 Å². The quantitative estimate of drug-likeness (QED) is 0.484. The molecule has 0 aliphatic rings. The molecule has 0 aliphatic heterocycles. The van der Waals surface area contributed by atoms with Gasteiger partial charge in [0.1, 0.15) is 11.1 Å². The average molecular weight is 319 g/mol. The van der Waals surface area contributed by atoms with Gasteiger partial charge in [0.05, 0.1) is 11.3 Å². The molecule has 2 aromatic rings. The second-order valence-corrected chi connectivity index (χ2v) is 5.58. The summed E-state index contributed by atoms with van der Waals surface area (Å²) in [6.45, 7) is 2.04. The summed E-state index contributed by atoms with van der Waals surface area (Å²) in [4.78, 5) is 27.9. The van der Waals surface area contributed by atoms with E-state index in [1.54, 1.807) is 6.07 Å². The number of aryl methyl sites for hydroxylation is 2. The van der Waals surface area contributed by atoms with Gasteiger partial charge in [-0.15, -0.1) is 0 Å². The third kappa shape index (κ3) is 3.43. The maximum Gasteiger partial charge on any atom is 0.438 e. The summed E-state index contributed by atoms with van der Waals surface area (Å²) in [6.07, 6.45) is 1.76. The minimum absolute atomic E-state index is 0.00765. The van der Waals surface area contributed by atoms with Crippen molar-refractivity contribution >= 4 is 17.5 Å². The number of aromatic nitrogens is 3. The Morgan fingerprint density at radius 1 is 1.55 bits per heavy atom. The molecule has 114 valence electrons. The van der Waals surface area contributed by atoms with Crippen molar-refractivity contribution in [1.29, 1.82) is 5.26 Å². The topological polar surface area (TPSA) is 104 Å². The first-order valence-electron chi connectivity index (χ1n) is 6.70. The lowest BCUT2D eigenvalue weighted by Gasteiger charge is -2.04. The van der Waals surface area contributed by atoms with Crippen LogP contribution in [-0.2, 0) is 13.5 Å². The lowest BCUT2D eigenvalue weighted by Crippen LogP contribution is -2.39. The average Bonchev–Trinajstić information content (AvgIpc) is 2.84. The minimum atomic E-state index is -0.707. The molecule has 0 aliphatic carbocycles. The minimum Gasteiger partial charge on any atom is -0.286 e. The highest BCUT2D eigenvalue weighted by atomic mass is 32.2. The number of thioether (sulfide) groups is 1. The number of nitriles is 1. The van der Waals surface area contributed by atoms with Crippen LogP contribution in [0.4, 0.5) is 0 Å². The lowest BCUT2D eigenvalue weighted by atomic mass is 10.2. The van der Waals surface area contributed by atoms with Gasteiger partial charge in [0.25, 0.3) is 0 Å². The summed E-state index contributed by atoms with van der Waals surface area (Å²) in [5.74, 6) is -0.373. The van der Waals surface area contributed by atoms with E-state index in [2.05, 4.69) is 20.8 Å². The van der Waals surface area contributed by atoms with E-state index in [0.29, 0.717) is 10.6 Å². The Morgan fingerprint density at radius 2 is 2.32 bits per heavy atom. The second kappa shape index (κ2) is 7.04. The number of pyridine rings is 1. The fraction of sp³-hybridized carbons (Fsp3) is 0.357. The van der Waals surface area contributed by atoms with Crippen molar-refractivity contribution in [2.45, 2.75) is 24.8 Å². The Balaban J connectivity index is 2.17. The molecule has 1 N–H and O–H groups in total. The molecule has 7 nitrogen and oxygen atoms in total. The van der Waals surface area contributed by atoms with Gasteiger partial charge in [-0.3, -0.25) is 9.32 Å². The maximum atomic E-state index is 12.1. The van der Waals surface area contributed by atoms with Crippen molar-refractivity contribution in [3.05, 3.63) is 39.5 Å². The number of Topliss-reactive ketones (excluding diaryl/α,β-unsaturated/α-hetero) is 1. The first-order chi connectivity index (χ1) is 10.6. The van der Waals surface area contributed by atoms with E-state index in [4.69, 9.17) is 5.26 Å². The third-order valence-electron chi connectivity index (χ3n) is 2.95. The molecule has 0 amide bonds. The standard InChI is InChI=1S/C14H14N4O3S/c1-3-4-10-6-5-9(7-15)13(16-10)22-8-11(19)12-14(20)21-17-18(12)2/h5-6H,3-4,8H2,1-2H3/p+1. The Bertz CT molecular complexity index is 788. The molecule has 22 heavy (non-hydrogen) atoms. The van der Waals surface area contributed by atoms with Crippen LogP contribution in [0.5, 0.6) is 0 Å². The van der Waals surface area contributed by atoms with E-state index in [9.17, 15) is 9.59 Å². The number of hydrogen-bond donors (Lipinski definition) is 1. The van der Waals surface area contributed by atoms with Crippen LogP contribution in [-0.4, -0.2) is 21.8 Å². The van der Waals surface area contributed by atoms with Crippen molar-refractivity contribution < 1.29 is 14.0 Å². The number of hydrogen-bond acceptors (Lipinski definition) is 6. The maximum absolute atomic E-state index is 12.1. The van der Waals surface area contributed by atoms with Gasteiger partial charge in [0.2, 0.25) is 5.78 Å². The number of nitrogens with zero attached hydrogens (tertiary/aromatic N) is 3. The molecule has 0 saturated carbocycles. The van der Waals surface area contributed by atoms with Crippen molar-refractivity contribution in [2.75, 3.05) is 5.75 Å². The SMILES string of the molecule is CCCc1ccc(C#N)c(SCC(=O)c2c(=O)o[nH][n+]2C)n1. The van der Waals surface area contributed by atoms with Gasteiger partial charge in [0, 0.05) is 5.69 Å². The van der Waals surface area contributed by atoms with Crippen LogP contribution < -0.4 is 10.3 Å². The predicted octanol–water partition coefficient (Wildman–Crippen LogP) is 0.987. The van der Waals surface area contributed by atoms with Crippen LogP contribution in [0.25, 0.3) is 0 Å². The normalized spacial score (nSPS) is 10.4. The molecular formula is C14H15N4O3S+. The van der Waals surface area contributed by atoms with Crippen LogP contribution in [0, 0.1) is 11.3 Å². The molecule has 2 heterocycles. The summed E-state index contributed by atoms with van der Waals surface area (Å²) in [7, 11) is 1.52. The van der Waals surface area contributed by atoms with Gasteiger partial charge in [0.15, 0.2) is 7.05 Å². The van der Waals surface area contributed by atoms with E-state index in [-0.39, 0.29) is 17.2 Å². The molecule has 2 aromatic heterocycles. The van der Waals surface area contributed by atoms with E-state index < -0.39 is 5.63 Å². The Hall–Kier alpha value is -2.40. The number of rotatable bonds is 6. The number of aromatic amines is 1. The Kier molecular flexibility index (Phi) is 5.12. The van der Waals surface area contributed by atoms with E-state index in [1.165, 1.54) is 11.7 Å². The zero-order valence-electron chi connectivity index (χ0n) is 12.3. The fourth-order valence-electron chi connectivity index (χ4n) is 1.91. The largest absolute Gasteiger partial charge is 0.438 e. The van der Waals surface area contributed by atoms with Crippen molar-refractivity contribution in [3.63, 3.8) is 0 Å². The van der Waals surface area contributed by atoms with E-state index >= 15 is 0 Å². The zero-order valence-corrected chi connectivity index (χ0v) is 13.1. The van der Waals surface area contributed by atoms with Gasteiger partial charge in [-0.05, 0) is 23.8 Å². The fourth-order valence-corrected chi connectivity index (χ4v) is 2.77.